The third-order valence-electron chi connectivity index (χ3n) is 8.46. The molecule has 0 saturated carbocycles. The van der Waals surface area contributed by atoms with E-state index in [4.69, 9.17) is 5.11 Å². The summed E-state index contributed by atoms with van der Waals surface area (Å²) in [4.78, 5) is 44.0. The second-order valence-electron chi connectivity index (χ2n) is 10.6. The maximum absolute atomic E-state index is 14.5. The zero-order valence-corrected chi connectivity index (χ0v) is 22.4. The molecule has 3 fully saturated rings. The minimum absolute atomic E-state index is 0.0215. The maximum atomic E-state index is 14.5. The van der Waals surface area contributed by atoms with Crippen LogP contribution in [0, 0.1) is 17.8 Å². The molecular formula is C27H35N5O5S. The highest BCUT2D eigenvalue weighted by molar-refractivity contribution is 8.02. The number of hydrogen-bond donors (Lipinski definition) is 2. The van der Waals surface area contributed by atoms with Crippen molar-refractivity contribution in [3.63, 3.8) is 0 Å². The predicted octanol–water partition coefficient (Wildman–Crippen LogP) is 2.38. The Morgan fingerprint density at radius 1 is 1.26 bits per heavy atom. The number of likely N-dealkylation sites (tertiary alicyclic amines) is 1. The van der Waals surface area contributed by atoms with E-state index in [9.17, 15) is 19.5 Å². The van der Waals surface area contributed by atoms with Gasteiger partial charge >= 0.3 is 5.97 Å². The number of carboxylic acid groups (broad SMARTS) is 1. The van der Waals surface area contributed by atoms with Crippen molar-refractivity contribution in [2.45, 2.75) is 61.7 Å². The third kappa shape index (κ3) is 4.20. The van der Waals surface area contributed by atoms with Crippen LogP contribution in [0.5, 0.6) is 0 Å². The van der Waals surface area contributed by atoms with Gasteiger partial charge in [-0.25, -0.2) is 4.68 Å². The Balaban J connectivity index is 1.49. The number of para-hydroxylation sites is 1. The summed E-state index contributed by atoms with van der Waals surface area (Å²) in [5.74, 6) is -2.87. The quantitative estimate of drug-likeness (QED) is 0.310. The lowest BCUT2D eigenvalue weighted by Crippen LogP contribution is -2.57. The fraction of sp³-hybridized carbons (Fsp3) is 0.593. The van der Waals surface area contributed by atoms with Crippen LogP contribution >= 0.6 is 11.8 Å². The third-order valence-corrected chi connectivity index (χ3v) is 10.5. The number of thioether (sulfide) groups is 1. The van der Waals surface area contributed by atoms with Gasteiger partial charge in [-0.15, -0.1) is 23.4 Å². The summed E-state index contributed by atoms with van der Waals surface area (Å²) in [6.07, 6.45) is 5.36. The molecule has 1 aromatic carbocycles. The molecule has 3 aliphatic rings. The Labute approximate surface area is 226 Å². The first kappa shape index (κ1) is 26.7. The highest BCUT2D eigenvalue weighted by Gasteiger charge is 2.76. The average Bonchev–Trinajstić information content (AvgIpc) is 3.61. The number of carbonyl (C=O) groups excluding carboxylic acids is 2. The molecule has 1 spiro atoms. The van der Waals surface area contributed by atoms with Crippen LogP contribution in [0.2, 0.25) is 0 Å². The molecule has 3 aliphatic heterocycles. The van der Waals surface area contributed by atoms with Gasteiger partial charge in [0.1, 0.15) is 18.2 Å². The molecule has 4 heterocycles. The van der Waals surface area contributed by atoms with Gasteiger partial charge in [0.2, 0.25) is 11.8 Å². The lowest BCUT2D eigenvalue weighted by atomic mass is 9.66. The van der Waals surface area contributed by atoms with Crippen LogP contribution in [0.1, 0.15) is 39.0 Å². The van der Waals surface area contributed by atoms with E-state index in [2.05, 4.69) is 23.8 Å². The van der Waals surface area contributed by atoms with Crippen LogP contribution < -0.4 is 0 Å². The Kier molecular flexibility index (Phi) is 7.50. The van der Waals surface area contributed by atoms with E-state index in [1.807, 2.05) is 24.3 Å². The molecule has 0 aliphatic carbocycles. The number of unbranched alkanes of at least 4 members (excludes halogenated alkanes) is 3. The number of carboxylic acids is 1. The Morgan fingerprint density at radius 3 is 2.76 bits per heavy atom. The van der Waals surface area contributed by atoms with Crippen LogP contribution in [0.15, 0.2) is 36.9 Å². The topological polar surface area (TPSA) is 129 Å². The van der Waals surface area contributed by atoms with Gasteiger partial charge < -0.3 is 20.0 Å². The fourth-order valence-corrected chi connectivity index (χ4v) is 9.21. The lowest BCUT2D eigenvalue weighted by Gasteiger charge is -2.40. The van der Waals surface area contributed by atoms with Gasteiger partial charge in [-0.1, -0.05) is 43.2 Å². The second kappa shape index (κ2) is 10.7. The van der Waals surface area contributed by atoms with Crippen molar-refractivity contribution in [2.75, 3.05) is 19.7 Å². The molecular weight excluding hydrogens is 506 g/mol. The molecule has 3 unspecified atom stereocenters. The molecule has 3 saturated heterocycles. The summed E-state index contributed by atoms with van der Waals surface area (Å²) in [5.41, 5.74) is 1.52. The number of aromatic nitrogens is 3. The number of carbonyl (C=O) groups is 3. The molecule has 6 atom stereocenters. The first-order valence-electron chi connectivity index (χ1n) is 13.3. The lowest BCUT2D eigenvalue weighted by molar-refractivity contribution is -0.149. The average molecular weight is 542 g/mol. The number of amides is 2. The number of fused-ring (bicyclic) bond motifs is 2. The Morgan fingerprint density at radius 2 is 2.03 bits per heavy atom. The smallest absolute Gasteiger partial charge is 0.308 e. The summed E-state index contributed by atoms with van der Waals surface area (Å²) in [6.45, 7) is 6.82. The van der Waals surface area contributed by atoms with Gasteiger partial charge in [-0.3, -0.25) is 14.4 Å². The molecule has 204 valence electrons. The normalized spacial score (nSPS) is 29.7. The van der Waals surface area contributed by atoms with E-state index in [1.165, 1.54) is 0 Å². The fourth-order valence-electron chi connectivity index (χ4n) is 6.80. The van der Waals surface area contributed by atoms with E-state index >= 15 is 0 Å². The first-order valence-corrected chi connectivity index (χ1v) is 14.2. The molecule has 2 amide bonds. The largest absolute Gasteiger partial charge is 0.481 e. The number of aliphatic hydroxyl groups excluding tert-OH is 1. The summed E-state index contributed by atoms with van der Waals surface area (Å²) < 4.78 is 0.890. The summed E-state index contributed by atoms with van der Waals surface area (Å²) in [7, 11) is 0. The molecule has 1 aromatic heterocycles. The number of hydrogen-bond acceptors (Lipinski definition) is 7. The van der Waals surface area contributed by atoms with Crippen molar-refractivity contribution in [1.82, 2.24) is 24.8 Å². The van der Waals surface area contributed by atoms with Gasteiger partial charge in [-0.05, 0) is 37.3 Å². The standard InChI is InChI=1S/C27H35N5O5S/c1-3-12-30(16-32-19-11-7-6-10-18(19)28-29-32)25(35)23-27-17(2)15-20(38-27)21(26(36)37)22(27)24(34)31(23)13-8-4-5-9-14-33/h3,6-7,10-11,17,20-23,33H,1,4-5,8-9,12-16H2,2H3,(H,36,37)/t17?,20-,21+,22-,23?,27?/m0/s1. The van der Waals surface area contributed by atoms with Gasteiger partial charge in [0.25, 0.3) is 0 Å². The molecule has 5 rings (SSSR count). The number of benzene rings is 1. The summed E-state index contributed by atoms with van der Waals surface area (Å²) in [6, 6.07) is 6.76. The second-order valence-corrected chi connectivity index (χ2v) is 12.2. The highest BCUT2D eigenvalue weighted by atomic mass is 32.2. The van der Waals surface area contributed by atoms with Crippen LogP contribution in [0.25, 0.3) is 11.0 Å². The molecule has 2 aromatic rings. The van der Waals surface area contributed by atoms with Crippen molar-refractivity contribution in [2.24, 2.45) is 17.8 Å². The summed E-state index contributed by atoms with van der Waals surface area (Å²) in [5, 5.41) is 27.5. The van der Waals surface area contributed by atoms with E-state index in [-0.39, 0.29) is 42.8 Å². The first-order chi connectivity index (χ1) is 18.3. The highest BCUT2D eigenvalue weighted by Crippen LogP contribution is 2.68. The molecule has 10 nitrogen and oxygen atoms in total. The van der Waals surface area contributed by atoms with Gasteiger partial charge in [0.15, 0.2) is 0 Å². The maximum Gasteiger partial charge on any atom is 0.308 e. The van der Waals surface area contributed by atoms with E-state index < -0.39 is 28.6 Å². The SMILES string of the molecule is C=CCN(Cn1nnc2ccccc21)C(=O)C1N(CCCCCCO)C(=O)[C@@H]2[C@H](C(=O)O)[C@@H]3CC(C)C12S3. The van der Waals surface area contributed by atoms with Crippen molar-refractivity contribution in [1.29, 1.82) is 0 Å². The Bertz CT molecular complexity index is 1240. The zero-order chi connectivity index (χ0) is 27.0. The minimum atomic E-state index is -0.956. The number of rotatable bonds is 12. The van der Waals surface area contributed by atoms with E-state index in [0.29, 0.717) is 25.8 Å². The number of aliphatic hydroxyl groups is 1. The Hall–Kier alpha value is -2.92. The summed E-state index contributed by atoms with van der Waals surface area (Å²) >= 11 is 1.55. The van der Waals surface area contributed by atoms with E-state index in [0.717, 1.165) is 23.9 Å². The monoisotopic (exact) mass is 541 g/mol. The van der Waals surface area contributed by atoms with Crippen molar-refractivity contribution < 1.29 is 24.6 Å². The number of nitrogens with zero attached hydrogens (tertiary/aromatic N) is 5. The van der Waals surface area contributed by atoms with Gasteiger partial charge in [-0.2, -0.15) is 0 Å². The van der Waals surface area contributed by atoms with Crippen LogP contribution in [-0.4, -0.2) is 88.5 Å². The van der Waals surface area contributed by atoms with Crippen molar-refractivity contribution in [3.05, 3.63) is 36.9 Å². The van der Waals surface area contributed by atoms with Crippen LogP contribution in [0.4, 0.5) is 0 Å². The zero-order valence-electron chi connectivity index (χ0n) is 21.6. The molecule has 2 bridgehead atoms. The molecule has 0 radical (unpaired) electrons. The van der Waals surface area contributed by atoms with E-state index in [1.54, 1.807) is 32.3 Å². The number of aliphatic carboxylic acids is 1. The van der Waals surface area contributed by atoms with Gasteiger partial charge in [0, 0.05) is 24.9 Å². The van der Waals surface area contributed by atoms with Gasteiger partial charge in [0.05, 0.1) is 22.1 Å². The predicted molar refractivity (Wildman–Crippen MR) is 143 cm³/mol. The molecule has 11 heteroatoms. The molecule has 2 N–H and O–H groups in total. The van der Waals surface area contributed by atoms with Crippen LogP contribution in [-0.2, 0) is 21.1 Å². The van der Waals surface area contributed by atoms with Crippen molar-refractivity contribution >= 4 is 40.6 Å². The molecule has 38 heavy (non-hydrogen) atoms. The van der Waals surface area contributed by atoms with Crippen LogP contribution in [0.3, 0.4) is 0 Å². The van der Waals surface area contributed by atoms with Crippen molar-refractivity contribution in [3.8, 4) is 0 Å². The minimum Gasteiger partial charge on any atom is -0.481 e.